The number of carbonyl (C=O) groups excluding carboxylic acids is 1. The zero-order chi connectivity index (χ0) is 15.2. The van der Waals surface area contributed by atoms with Crippen molar-refractivity contribution in [2.24, 2.45) is 0 Å². The molecule has 116 valence electrons. The summed E-state index contributed by atoms with van der Waals surface area (Å²) in [5, 5.41) is 3.10. The van der Waals surface area contributed by atoms with Gasteiger partial charge in [-0.25, -0.2) is 9.78 Å². The standard InChI is InChI=1S/C13H20BrN5O2/c1-3-15-12-16-9-10(14)11(17-12)18-5-7-19(8-6-18)13(20)21-4-2/h9H,3-8H2,1-2H3,(H,15,16,17). The normalized spacial score (nSPS) is 15.0. The molecular weight excluding hydrogens is 338 g/mol. The molecule has 0 aromatic carbocycles. The van der Waals surface area contributed by atoms with E-state index in [9.17, 15) is 4.79 Å². The van der Waals surface area contributed by atoms with Gasteiger partial charge >= 0.3 is 6.09 Å². The fourth-order valence-electron chi connectivity index (χ4n) is 2.14. The lowest BCUT2D eigenvalue weighted by Crippen LogP contribution is -2.49. The van der Waals surface area contributed by atoms with Crippen molar-refractivity contribution in [2.45, 2.75) is 13.8 Å². The number of aromatic nitrogens is 2. The number of nitrogens with one attached hydrogen (secondary N) is 1. The molecule has 0 radical (unpaired) electrons. The average molecular weight is 358 g/mol. The molecule has 2 rings (SSSR count). The van der Waals surface area contributed by atoms with Crippen LogP contribution < -0.4 is 10.2 Å². The summed E-state index contributed by atoms with van der Waals surface area (Å²) in [7, 11) is 0. The molecule has 1 aliphatic heterocycles. The maximum Gasteiger partial charge on any atom is 0.409 e. The molecule has 21 heavy (non-hydrogen) atoms. The predicted molar refractivity (Wildman–Crippen MR) is 84.7 cm³/mol. The zero-order valence-corrected chi connectivity index (χ0v) is 13.9. The smallest absolute Gasteiger partial charge is 0.409 e. The Labute approximate surface area is 132 Å². The van der Waals surface area contributed by atoms with E-state index in [1.807, 2.05) is 13.8 Å². The van der Waals surface area contributed by atoms with Crippen LogP contribution in [0.3, 0.4) is 0 Å². The lowest BCUT2D eigenvalue weighted by Gasteiger charge is -2.35. The molecule has 0 atom stereocenters. The first-order valence-electron chi connectivity index (χ1n) is 7.08. The van der Waals surface area contributed by atoms with Crippen molar-refractivity contribution >= 4 is 33.8 Å². The van der Waals surface area contributed by atoms with Gasteiger partial charge in [0.2, 0.25) is 5.95 Å². The maximum absolute atomic E-state index is 11.7. The van der Waals surface area contributed by atoms with Gasteiger partial charge in [-0.3, -0.25) is 0 Å². The van der Waals surface area contributed by atoms with E-state index in [0.29, 0.717) is 25.6 Å². The predicted octanol–water partition coefficient (Wildman–Crippen LogP) is 1.95. The molecule has 1 aromatic rings. The Morgan fingerprint density at radius 2 is 2.10 bits per heavy atom. The Morgan fingerprint density at radius 3 is 2.71 bits per heavy atom. The van der Waals surface area contributed by atoms with Gasteiger partial charge in [0.15, 0.2) is 0 Å². The summed E-state index contributed by atoms with van der Waals surface area (Å²) in [5.41, 5.74) is 0. The minimum atomic E-state index is -0.243. The van der Waals surface area contributed by atoms with Crippen molar-refractivity contribution in [1.29, 1.82) is 0 Å². The van der Waals surface area contributed by atoms with Gasteiger partial charge in [-0.05, 0) is 29.8 Å². The Balaban J connectivity index is 2.01. The number of halogens is 1. The highest BCUT2D eigenvalue weighted by molar-refractivity contribution is 9.10. The Bertz CT molecular complexity index is 491. The van der Waals surface area contributed by atoms with Crippen LogP contribution in [-0.2, 0) is 4.74 Å². The molecule has 1 aromatic heterocycles. The minimum Gasteiger partial charge on any atom is -0.450 e. The number of rotatable bonds is 4. The molecule has 0 aliphatic carbocycles. The van der Waals surface area contributed by atoms with Crippen molar-refractivity contribution < 1.29 is 9.53 Å². The zero-order valence-electron chi connectivity index (χ0n) is 12.3. The number of piperazine rings is 1. The fourth-order valence-corrected chi connectivity index (χ4v) is 2.58. The van der Waals surface area contributed by atoms with E-state index in [1.165, 1.54) is 0 Å². The number of nitrogens with zero attached hydrogens (tertiary/aromatic N) is 4. The molecule has 1 aliphatic rings. The number of ether oxygens (including phenoxy) is 1. The van der Waals surface area contributed by atoms with Crippen LogP contribution in [0, 0.1) is 0 Å². The maximum atomic E-state index is 11.7. The Morgan fingerprint density at radius 1 is 1.38 bits per heavy atom. The number of anilines is 2. The molecule has 0 spiro atoms. The third kappa shape index (κ3) is 3.96. The monoisotopic (exact) mass is 357 g/mol. The highest BCUT2D eigenvalue weighted by Crippen LogP contribution is 2.25. The van der Waals surface area contributed by atoms with Gasteiger partial charge in [0.05, 0.1) is 11.1 Å². The summed E-state index contributed by atoms with van der Waals surface area (Å²) in [4.78, 5) is 24.3. The van der Waals surface area contributed by atoms with Crippen LogP contribution in [0.5, 0.6) is 0 Å². The van der Waals surface area contributed by atoms with Crippen molar-refractivity contribution in [3.05, 3.63) is 10.7 Å². The molecule has 2 heterocycles. The second-order valence-corrected chi connectivity index (χ2v) is 5.42. The summed E-state index contributed by atoms with van der Waals surface area (Å²) >= 11 is 3.49. The Hall–Kier alpha value is -1.57. The summed E-state index contributed by atoms with van der Waals surface area (Å²) in [6.45, 7) is 7.70. The first-order valence-corrected chi connectivity index (χ1v) is 7.88. The minimum absolute atomic E-state index is 0.243. The molecular formula is C13H20BrN5O2. The lowest BCUT2D eigenvalue weighted by atomic mass is 10.3. The van der Waals surface area contributed by atoms with Gasteiger partial charge in [-0.15, -0.1) is 0 Å². The molecule has 7 nitrogen and oxygen atoms in total. The largest absolute Gasteiger partial charge is 0.450 e. The average Bonchev–Trinajstić information content (AvgIpc) is 2.50. The second kappa shape index (κ2) is 7.44. The highest BCUT2D eigenvalue weighted by atomic mass is 79.9. The van der Waals surface area contributed by atoms with Crippen LogP contribution in [0.4, 0.5) is 16.6 Å². The van der Waals surface area contributed by atoms with E-state index in [1.54, 1.807) is 11.1 Å². The second-order valence-electron chi connectivity index (χ2n) is 4.57. The van der Waals surface area contributed by atoms with Crippen molar-refractivity contribution in [3.63, 3.8) is 0 Å². The first kappa shape index (κ1) is 15.8. The number of carbonyl (C=O) groups is 1. The van der Waals surface area contributed by atoms with E-state index >= 15 is 0 Å². The van der Waals surface area contributed by atoms with E-state index in [4.69, 9.17) is 4.74 Å². The van der Waals surface area contributed by atoms with Crippen LogP contribution in [-0.4, -0.2) is 60.3 Å². The fraction of sp³-hybridized carbons (Fsp3) is 0.615. The third-order valence-corrected chi connectivity index (χ3v) is 3.73. The number of amides is 1. The van der Waals surface area contributed by atoms with Crippen LogP contribution in [0.25, 0.3) is 0 Å². The molecule has 8 heteroatoms. The molecule has 1 fully saturated rings. The SMILES string of the molecule is CCNc1ncc(Br)c(N2CCN(C(=O)OCC)CC2)n1. The summed E-state index contributed by atoms with van der Waals surface area (Å²) in [6, 6.07) is 0. The quantitative estimate of drug-likeness (QED) is 0.887. The van der Waals surface area contributed by atoms with Crippen LogP contribution in [0.1, 0.15) is 13.8 Å². The molecule has 1 N–H and O–H groups in total. The van der Waals surface area contributed by atoms with Gasteiger partial charge in [-0.2, -0.15) is 4.98 Å². The molecule has 0 bridgehead atoms. The first-order chi connectivity index (χ1) is 10.2. The van der Waals surface area contributed by atoms with Crippen molar-refractivity contribution in [3.8, 4) is 0 Å². The van der Waals surface area contributed by atoms with Crippen molar-refractivity contribution in [2.75, 3.05) is 49.5 Å². The molecule has 0 saturated carbocycles. The lowest BCUT2D eigenvalue weighted by molar-refractivity contribution is 0.105. The molecule has 1 amide bonds. The van der Waals surface area contributed by atoms with Gasteiger partial charge in [0.1, 0.15) is 5.82 Å². The summed E-state index contributed by atoms with van der Waals surface area (Å²) in [6.07, 6.45) is 1.50. The van der Waals surface area contributed by atoms with E-state index in [-0.39, 0.29) is 6.09 Å². The molecule has 0 unspecified atom stereocenters. The van der Waals surface area contributed by atoms with Crippen molar-refractivity contribution in [1.82, 2.24) is 14.9 Å². The Kier molecular flexibility index (Phi) is 5.60. The van der Waals surface area contributed by atoms with Gasteiger partial charge in [0.25, 0.3) is 0 Å². The topological polar surface area (TPSA) is 70.6 Å². The number of hydrogen-bond donors (Lipinski definition) is 1. The van der Waals surface area contributed by atoms with Gasteiger partial charge in [-0.1, -0.05) is 0 Å². The summed E-state index contributed by atoms with van der Waals surface area (Å²) in [5.74, 6) is 1.47. The van der Waals surface area contributed by atoms with Gasteiger partial charge in [0, 0.05) is 38.9 Å². The van der Waals surface area contributed by atoms with Gasteiger partial charge < -0.3 is 19.9 Å². The third-order valence-electron chi connectivity index (χ3n) is 3.17. The number of hydrogen-bond acceptors (Lipinski definition) is 6. The van der Waals surface area contributed by atoms with E-state index in [2.05, 4.69) is 36.1 Å². The van der Waals surface area contributed by atoms with Crippen LogP contribution in [0.15, 0.2) is 10.7 Å². The molecule has 1 saturated heterocycles. The van der Waals surface area contributed by atoms with Crippen LogP contribution >= 0.6 is 15.9 Å². The van der Waals surface area contributed by atoms with E-state index < -0.39 is 0 Å². The summed E-state index contributed by atoms with van der Waals surface area (Å²) < 4.78 is 5.88. The van der Waals surface area contributed by atoms with E-state index in [0.717, 1.165) is 29.9 Å². The highest BCUT2D eigenvalue weighted by Gasteiger charge is 2.24. The van der Waals surface area contributed by atoms with Crippen LogP contribution in [0.2, 0.25) is 0 Å².